The summed E-state index contributed by atoms with van der Waals surface area (Å²) in [5.41, 5.74) is 1.87. The number of carbonyl (C=O) groups excluding carboxylic acids is 1. The van der Waals surface area contributed by atoms with E-state index in [9.17, 15) is 4.79 Å². The Morgan fingerprint density at radius 1 is 0.947 bits per heavy atom. The molecule has 0 fully saturated rings. The summed E-state index contributed by atoms with van der Waals surface area (Å²) < 4.78 is 0. The first kappa shape index (κ1) is 13.2. The zero-order valence-electron chi connectivity index (χ0n) is 10.3. The molecular formula is C15H14N2OS. The molecule has 0 aliphatic carbocycles. The molecule has 0 atom stereocenters. The standard InChI is InChI=1S/C15H14N2OS/c18-15(16-11-12-7-3-1-4-8-12)17-14(19)13-9-5-2-6-10-13/h1-10H,11H2,(H2,16,17,18,19). The van der Waals surface area contributed by atoms with Crippen LogP contribution in [0.3, 0.4) is 0 Å². The monoisotopic (exact) mass is 270 g/mol. The smallest absolute Gasteiger partial charge is 0.320 e. The molecule has 0 saturated carbocycles. The third-order valence-corrected chi connectivity index (χ3v) is 2.90. The zero-order chi connectivity index (χ0) is 13.5. The lowest BCUT2D eigenvalue weighted by Gasteiger charge is -2.08. The molecule has 19 heavy (non-hydrogen) atoms. The summed E-state index contributed by atoms with van der Waals surface area (Å²) in [7, 11) is 0. The molecular weight excluding hydrogens is 256 g/mol. The van der Waals surface area contributed by atoms with Gasteiger partial charge in [-0.3, -0.25) is 5.32 Å². The number of amides is 2. The van der Waals surface area contributed by atoms with Crippen molar-refractivity contribution in [2.45, 2.75) is 6.54 Å². The highest BCUT2D eigenvalue weighted by molar-refractivity contribution is 7.80. The second-order valence-electron chi connectivity index (χ2n) is 3.99. The van der Waals surface area contributed by atoms with E-state index in [2.05, 4.69) is 10.6 Å². The van der Waals surface area contributed by atoms with Gasteiger partial charge in [-0.15, -0.1) is 0 Å². The number of urea groups is 1. The highest BCUT2D eigenvalue weighted by Crippen LogP contribution is 2.00. The lowest BCUT2D eigenvalue weighted by Crippen LogP contribution is -2.38. The van der Waals surface area contributed by atoms with Crippen molar-refractivity contribution in [1.29, 1.82) is 0 Å². The van der Waals surface area contributed by atoms with Gasteiger partial charge in [-0.25, -0.2) is 4.79 Å². The predicted molar refractivity (Wildman–Crippen MR) is 80.0 cm³/mol. The first-order chi connectivity index (χ1) is 9.25. The van der Waals surface area contributed by atoms with Gasteiger partial charge in [-0.05, 0) is 5.56 Å². The van der Waals surface area contributed by atoms with Crippen molar-refractivity contribution < 1.29 is 4.79 Å². The molecule has 2 rings (SSSR count). The van der Waals surface area contributed by atoms with Gasteiger partial charge in [0.25, 0.3) is 0 Å². The fourth-order valence-corrected chi connectivity index (χ4v) is 1.82. The summed E-state index contributed by atoms with van der Waals surface area (Å²) in [6.07, 6.45) is 0. The Morgan fingerprint density at radius 2 is 1.53 bits per heavy atom. The summed E-state index contributed by atoms with van der Waals surface area (Å²) in [5.74, 6) is 0. The van der Waals surface area contributed by atoms with Crippen LogP contribution in [0.25, 0.3) is 0 Å². The SMILES string of the molecule is O=C(NCc1ccccc1)NC(=S)c1ccccc1. The van der Waals surface area contributed by atoms with Crippen molar-refractivity contribution in [3.05, 3.63) is 71.8 Å². The third kappa shape index (κ3) is 4.19. The maximum Gasteiger partial charge on any atom is 0.320 e. The van der Waals surface area contributed by atoms with Gasteiger partial charge >= 0.3 is 6.03 Å². The Bertz CT molecular complexity index is 555. The van der Waals surface area contributed by atoms with Crippen LogP contribution in [-0.2, 0) is 6.54 Å². The second kappa shape index (κ2) is 6.66. The average molecular weight is 270 g/mol. The van der Waals surface area contributed by atoms with Gasteiger partial charge in [-0.2, -0.15) is 0 Å². The van der Waals surface area contributed by atoms with Gasteiger partial charge in [0, 0.05) is 12.1 Å². The fourth-order valence-electron chi connectivity index (χ4n) is 1.59. The van der Waals surface area contributed by atoms with Crippen LogP contribution < -0.4 is 10.6 Å². The van der Waals surface area contributed by atoms with Crippen molar-refractivity contribution in [3.8, 4) is 0 Å². The van der Waals surface area contributed by atoms with E-state index in [4.69, 9.17) is 12.2 Å². The van der Waals surface area contributed by atoms with E-state index in [1.165, 1.54) is 0 Å². The van der Waals surface area contributed by atoms with E-state index < -0.39 is 0 Å². The number of hydrogen-bond acceptors (Lipinski definition) is 2. The Hall–Kier alpha value is -2.20. The van der Waals surface area contributed by atoms with Crippen LogP contribution in [-0.4, -0.2) is 11.0 Å². The van der Waals surface area contributed by atoms with Crippen LogP contribution in [0, 0.1) is 0 Å². The Balaban J connectivity index is 1.83. The van der Waals surface area contributed by atoms with Crippen LogP contribution in [0.2, 0.25) is 0 Å². The van der Waals surface area contributed by atoms with Crippen LogP contribution in [0.5, 0.6) is 0 Å². The zero-order valence-corrected chi connectivity index (χ0v) is 11.1. The summed E-state index contributed by atoms with van der Waals surface area (Å²) in [5, 5.41) is 5.41. The molecule has 0 saturated heterocycles. The Labute approximate surface area is 117 Å². The molecule has 4 heteroatoms. The van der Waals surface area contributed by atoms with Crippen LogP contribution in [0.1, 0.15) is 11.1 Å². The van der Waals surface area contributed by atoms with Crippen LogP contribution in [0.15, 0.2) is 60.7 Å². The van der Waals surface area contributed by atoms with Gasteiger partial charge in [0.2, 0.25) is 0 Å². The average Bonchev–Trinajstić information content (AvgIpc) is 2.47. The van der Waals surface area contributed by atoms with Gasteiger partial charge in [0.05, 0.1) is 0 Å². The Morgan fingerprint density at radius 3 is 2.16 bits per heavy atom. The minimum Gasteiger partial charge on any atom is -0.334 e. The normalized spacial score (nSPS) is 9.68. The summed E-state index contributed by atoms with van der Waals surface area (Å²) in [6, 6.07) is 18.8. The van der Waals surface area contributed by atoms with Crippen molar-refractivity contribution >= 4 is 23.2 Å². The minimum atomic E-state index is -0.294. The van der Waals surface area contributed by atoms with Crippen LogP contribution >= 0.6 is 12.2 Å². The number of rotatable bonds is 3. The molecule has 0 unspecified atom stereocenters. The molecule has 0 radical (unpaired) electrons. The first-order valence-corrected chi connectivity index (χ1v) is 6.34. The maximum absolute atomic E-state index is 11.7. The largest absolute Gasteiger partial charge is 0.334 e. The van der Waals surface area contributed by atoms with E-state index in [0.717, 1.165) is 11.1 Å². The van der Waals surface area contributed by atoms with E-state index in [-0.39, 0.29) is 6.03 Å². The molecule has 0 bridgehead atoms. The van der Waals surface area contributed by atoms with Crippen molar-refractivity contribution in [3.63, 3.8) is 0 Å². The summed E-state index contributed by atoms with van der Waals surface area (Å²) >= 11 is 5.16. The number of hydrogen-bond donors (Lipinski definition) is 2. The van der Waals surface area contributed by atoms with Crippen molar-refractivity contribution in [1.82, 2.24) is 10.6 Å². The molecule has 3 nitrogen and oxygen atoms in total. The summed E-state index contributed by atoms with van der Waals surface area (Å²) in [4.78, 5) is 12.1. The summed E-state index contributed by atoms with van der Waals surface area (Å²) in [6.45, 7) is 0.476. The maximum atomic E-state index is 11.7. The molecule has 96 valence electrons. The van der Waals surface area contributed by atoms with E-state index in [1.54, 1.807) is 0 Å². The third-order valence-electron chi connectivity index (χ3n) is 2.56. The van der Waals surface area contributed by atoms with Gasteiger partial charge in [0.15, 0.2) is 0 Å². The number of benzene rings is 2. The predicted octanol–water partition coefficient (Wildman–Crippen LogP) is 2.86. The second-order valence-corrected chi connectivity index (χ2v) is 4.40. The molecule has 0 aromatic heterocycles. The molecule has 0 aliphatic rings. The molecule has 2 aromatic rings. The number of nitrogens with one attached hydrogen (secondary N) is 2. The van der Waals surface area contributed by atoms with Crippen LogP contribution in [0.4, 0.5) is 4.79 Å². The molecule has 2 aromatic carbocycles. The van der Waals surface area contributed by atoms with E-state index >= 15 is 0 Å². The first-order valence-electron chi connectivity index (χ1n) is 5.94. The molecule has 0 heterocycles. The lowest BCUT2D eigenvalue weighted by molar-refractivity contribution is 0.245. The van der Waals surface area contributed by atoms with E-state index in [1.807, 2.05) is 60.7 Å². The lowest BCUT2D eigenvalue weighted by atomic mass is 10.2. The van der Waals surface area contributed by atoms with Gasteiger partial charge in [-0.1, -0.05) is 72.9 Å². The topological polar surface area (TPSA) is 41.1 Å². The van der Waals surface area contributed by atoms with Gasteiger partial charge < -0.3 is 5.32 Å². The highest BCUT2D eigenvalue weighted by atomic mass is 32.1. The molecule has 0 aliphatic heterocycles. The quantitative estimate of drug-likeness (QED) is 0.842. The number of carbonyl (C=O) groups is 1. The number of thiocarbonyl (C=S) groups is 1. The fraction of sp³-hybridized carbons (Fsp3) is 0.0667. The Kier molecular flexibility index (Phi) is 4.64. The van der Waals surface area contributed by atoms with Gasteiger partial charge in [0.1, 0.15) is 4.99 Å². The highest BCUT2D eigenvalue weighted by Gasteiger charge is 2.05. The van der Waals surface area contributed by atoms with Crippen molar-refractivity contribution in [2.75, 3.05) is 0 Å². The molecule has 0 spiro atoms. The minimum absolute atomic E-state index is 0.294. The molecule has 2 amide bonds. The van der Waals surface area contributed by atoms with Crippen molar-refractivity contribution in [2.24, 2.45) is 0 Å². The van der Waals surface area contributed by atoms with E-state index in [0.29, 0.717) is 11.5 Å². The molecule has 2 N–H and O–H groups in total.